The lowest BCUT2D eigenvalue weighted by atomic mass is 9.87. The van der Waals surface area contributed by atoms with Gasteiger partial charge in [-0.05, 0) is 61.0 Å². The highest BCUT2D eigenvalue weighted by molar-refractivity contribution is 7.98. The molecule has 0 saturated carbocycles. The van der Waals surface area contributed by atoms with E-state index >= 15 is 0 Å². The first-order chi connectivity index (χ1) is 12.7. The summed E-state index contributed by atoms with van der Waals surface area (Å²) in [5, 5.41) is 5.95. The zero-order valence-electron chi connectivity index (χ0n) is 14.9. The third kappa shape index (κ3) is 4.49. The van der Waals surface area contributed by atoms with Crippen LogP contribution in [0, 0.1) is 0 Å². The summed E-state index contributed by atoms with van der Waals surface area (Å²) in [5.74, 6) is 0.508. The first-order valence-corrected chi connectivity index (χ1v) is 10.3. The van der Waals surface area contributed by atoms with E-state index in [0.29, 0.717) is 6.42 Å². The number of nitrogens with one attached hydrogen (secondary N) is 2. The van der Waals surface area contributed by atoms with Crippen molar-refractivity contribution in [3.05, 3.63) is 59.5 Å². The standard InChI is InChI=1S/C20H24N2O3S/c1-26-13-11-17(22-20(24)18-10-5-12-25-18)19(23)21-16-9-4-7-14-6-2-3-8-15(14)16/h2-3,5-6,8,10,12,16-17H,4,7,9,11,13H2,1H3,(H,21,23)(H,22,24)/t16-,17+/m0/s1. The van der Waals surface area contributed by atoms with Gasteiger partial charge in [0.1, 0.15) is 6.04 Å². The number of furan rings is 1. The second-order valence-electron chi connectivity index (χ2n) is 6.44. The summed E-state index contributed by atoms with van der Waals surface area (Å²) in [4.78, 5) is 25.1. The van der Waals surface area contributed by atoms with Crippen LogP contribution in [-0.2, 0) is 11.2 Å². The van der Waals surface area contributed by atoms with Gasteiger partial charge < -0.3 is 15.1 Å². The molecule has 1 aliphatic carbocycles. The average molecular weight is 372 g/mol. The number of carbonyl (C=O) groups excluding carboxylic acids is 2. The molecular weight excluding hydrogens is 348 g/mol. The van der Waals surface area contributed by atoms with Crippen LogP contribution in [0.2, 0.25) is 0 Å². The van der Waals surface area contributed by atoms with Crippen LogP contribution in [0.3, 0.4) is 0 Å². The van der Waals surface area contributed by atoms with Gasteiger partial charge in [0.2, 0.25) is 5.91 Å². The molecule has 0 unspecified atom stereocenters. The molecule has 1 aromatic heterocycles. The molecule has 2 amide bonds. The summed E-state index contributed by atoms with van der Waals surface area (Å²) in [5.41, 5.74) is 2.48. The number of benzene rings is 1. The van der Waals surface area contributed by atoms with Gasteiger partial charge in [0, 0.05) is 0 Å². The predicted octanol–water partition coefficient (Wildman–Crippen LogP) is 3.32. The van der Waals surface area contributed by atoms with Gasteiger partial charge in [-0.2, -0.15) is 11.8 Å². The van der Waals surface area contributed by atoms with Crippen molar-refractivity contribution < 1.29 is 14.0 Å². The lowest BCUT2D eigenvalue weighted by molar-refractivity contribution is -0.123. The van der Waals surface area contributed by atoms with Crippen molar-refractivity contribution in [2.45, 2.75) is 37.8 Å². The molecule has 0 radical (unpaired) electrons. The largest absolute Gasteiger partial charge is 0.459 e. The summed E-state index contributed by atoms with van der Waals surface area (Å²) in [6, 6.07) is 10.9. The highest BCUT2D eigenvalue weighted by atomic mass is 32.2. The number of rotatable bonds is 7. The first-order valence-electron chi connectivity index (χ1n) is 8.90. The highest BCUT2D eigenvalue weighted by Crippen LogP contribution is 2.29. The van der Waals surface area contributed by atoms with Crippen molar-refractivity contribution in [1.29, 1.82) is 0 Å². The fraction of sp³-hybridized carbons (Fsp3) is 0.400. The third-order valence-corrected chi connectivity index (χ3v) is 5.31. The molecule has 6 heteroatoms. The van der Waals surface area contributed by atoms with Gasteiger partial charge in [-0.1, -0.05) is 24.3 Å². The van der Waals surface area contributed by atoms with Crippen molar-refractivity contribution in [2.24, 2.45) is 0 Å². The second-order valence-corrected chi connectivity index (χ2v) is 7.42. The summed E-state index contributed by atoms with van der Waals surface area (Å²) < 4.78 is 5.13. The molecule has 0 bridgehead atoms. The smallest absolute Gasteiger partial charge is 0.287 e. The Morgan fingerprint density at radius 1 is 1.27 bits per heavy atom. The van der Waals surface area contributed by atoms with Gasteiger partial charge in [-0.15, -0.1) is 0 Å². The lowest BCUT2D eigenvalue weighted by Gasteiger charge is -2.28. The Bertz CT molecular complexity index is 745. The summed E-state index contributed by atoms with van der Waals surface area (Å²) in [7, 11) is 0. The molecular formula is C20H24N2O3S. The normalized spacial score (nSPS) is 17.2. The molecule has 0 aliphatic heterocycles. The maximum absolute atomic E-state index is 12.9. The SMILES string of the molecule is CSCC[C@@H](NC(=O)c1ccco1)C(=O)N[C@H]1CCCc2ccccc21. The first kappa shape index (κ1) is 18.6. The lowest BCUT2D eigenvalue weighted by Crippen LogP contribution is -2.48. The number of hydrogen-bond donors (Lipinski definition) is 2. The quantitative estimate of drug-likeness (QED) is 0.782. The van der Waals surface area contributed by atoms with E-state index in [0.717, 1.165) is 25.0 Å². The molecule has 0 spiro atoms. The van der Waals surface area contributed by atoms with Crippen LogP contribution in [0.5, 0.6) is 0 Å². The van der Waals surface area contributed by atoms with Crippen molar-refractivity contribution in [1.82, 2.24) is 10.6 Å². The van der Waals surface area contributed by atoms with Crippen LogP contribution in [0.15, 0.2) is 47.1 Å². The topological polar surface area (TPSA) is 71.3 Å². The monoisotopic (exact) mass is 372 g/mol. The van der Waals surface area contributed by atoms with Crippen LogP contribution in [0.1, 0.15) is 47.0 Å². The van der Waals surface area contributed by atoms with Gasteiger partial charge in [0.15, 0.2) is 5.76 Å². The van der Waals surface area contributed by atoms with Gasteiger partial charge >= 0.3 is 0 Å². The number of amides is 2. The van der Waals surface area contributed by atoms with Crippen LogP contribution in [0.25, 0.3) is 0 Å². The molecule has 1 aromatic carbocycles. The Morgan fingerprint density at radius 3 is 2.88 bits per heavy atom. The van der Waals surface area contributed by atoms with E-state index in [9.17, 15) is 9.59 Å². The molecule has 0 saturated heterocycles. The molecule has 3 rings (SSSR count). The molecule has 5 nitrogen and oxygen atoms in total. The summed E-state index contributed by atoms with van der Waals surface area (Å²) in [6.45, 7) is 0. The number of thioether (sulfide) groups is 1. The zero-order chi connectivity index (χ0) is 18.4. The van der Waals surface area contributed by atoms with E-state index in [2.05, 4.69) is 22.8 Å². The van der Waals surface area contributed by atoms with Crippen LogP contribution < -0.4 is 10.6 Å². The van der Waals surface area contributed by atoms with Crippen LogP contribution in [0.4, 0.5) is 0 Å². The fourth-order valence-corrected chi connectivity index (χ4v) is 3.79. The van der Waals surface area contributed by atoms with Crippen molar-refractivity contribution in [3.63, 3.8) is 0 Å². The maximum Gasteiger partial charge on any atom is 0.287 e. The Labute approximate surface area is 157 Å². The van der Waals surface area contributed by atoms with E-state index in [1.165, 1.54) is 17.4 Å². The Kier molecular flexibility index (Phi) is 6.39. The zero-order valence-corrected chi connectivity index (χ0v) is 15.7. The van der Waals surface area contributed by atoms with Gasteiger partial charge in [0.25, 0.3) is 5.91 Å². The average Bonchev–Trinajstić information content (AvgIpc) is 3.20. The van der Waals surface area contributed by atoms with Gasteiger partial charge in [-0.3, -0.25) is 9.59 Å². The summed E-state index contributed by atoms with van der Waals surface area (Å²) >= 11 is 1.65. The Hall–Kier alpha value is -2.21. The van der Waals surface area contributed by atoms with E-state index in [1.807, 2.05) is 18.4 Å². The fourth-order valence-electron chi connectivity index (χ4n) is 3.32. The molecule has 1 heterocycles. The third-order valence-electron chi connectivity index (χ3n) is 4.66. The van der Waals surface area contributed by atoms with Crippen LogP contribution in [-0.4, -0.2) is 29.9 Å². The molecule has 2 aromatic rings. The summed E-state index contributed by atoms with van der Waals surface area (Å²) in [6.07, 6.45) is 7.04. The molecule has 26 heavy (non-hydrogen) atoms. The number of aryl methyl sites for hydroxylation is 1. The van der Waals surface area contributed by atoms with Crippen LogP contribution >= 0.6 is 11.8 Å². The molecule has 138 valence electrons. The predicted molar refractivity (Wildman–Crippen MR) is 103 cm³/mol. The highest BCUT2D eigenvalue weighted by Gasteiger charge is 2.27. The van der Waals surface area contributed by atoms with E-state index < -0.39 is 6.04 Å². The van der Waals surface area contributed by atoms with Crippen molar-refractivity contribution in [2.75, 3.05) is 12.0 Å². The minimum atomic E-state index is -0.575. The number of fused-ring (bicyclic) bond motifs is 1. The van der Waals surface area contributed by atoms with E-state index in [1.54, 1.807) is 23.9 Å². The van der Waals surface area contributed by atoms with Gasteiger partial charge in [0.05, 0.1) is 12.3 Å². The van der Waals surface area contributed by atoms with E-state index in [-0.39, 0.29) is 23.6 Å². The molecule has 2 N–H and O–H groups in total. The molecule has 0 fully saturated rings. The van der Waals surface area contributed by atoms with Crippen molar-refractivity contribution >= 4 is 23.6 Å². The van der Waals surface area contributed by atoms with Gasteiger partial charge in [-0.25, -0.2) is 0 Å². The Balaban J connectivity index is 1.69. The molecule has 1 aliphatic rings. The number of hydrogen-bond acceptors (Lipinski definition) is 4. The minimum Gasteiger partial charge on any atom is -0.459 e. The van der Waals surface area contributed by atoms with E-state index in [4.69, 9.17) is 4.42 Å². The second kappa shape index (κ2) is 8.94. The molecule has 2 atom stereocenters. The Morgan fingerprint density at radius 2 is 2.12 bits per heavy atom. The van der Waals surface area contributed by atoms with Crippen molar-refractivity contribution in [3.8, 4) is 0 Å². The minimum absolute atomic E-state index is 0.00439. The maximum atomic E-state index is 12.9. The number of carbonyl (C=O) groups is 2.